The van der Waals surface area contributed by atoms with Crippen molar-refractivity contribution in [3.63, 3.8) is 0 Å². The van der Waals surface area contributed by atoms with Gasteiger partial charge >= 0.3 is 0 Å². The molecule has 3 rings (SSSR count). The molecular weight excluding hydrogens is 290 g/mol. The molecule has 0 spiro atoms. The van der Waals surface area contributed by atoms with Crippen molar-refractivity contribution in [1.29, 1.82) is 0 Å². The molecule has 0 aliphatic carbocycles. The quantitative estimate of drug-likeness (QED) is 0.697. The molecule has 0 saturated carbocycles. The maximum Gasteiger partial charge on any atom is 0.0419 e. The first-order valence-corrected chi connectivity index (χ1v) is 9.03. The molecule has 24 heavy (non-hydrogen) atoms. The Morgan fingerprint density at radius 1 is 0.875 bits per heavy atom. The number of hydrogen-bond acceptors (Lipinski definition) is 1. The fraction of sp³-hybridized carbons (Fsp3) is 0.304. The van der Waals surface area contributed by atoms with Crippen LogP contribution in [0.3, 0.4) is 0 Å². The second-order valence-corrected chi connectivity index (χ2v) is 6.26. The average Bonchev–Trinajstić information content (AvgIpc) is 2.64. The van der Waals surface area contributed by atoms with E-state index in [2.05, 4.69) is 85.9 Å². The standard InChI is InChI=1S/C21H23N.C2H6/c1-16(2)13-17-11-12-22-21(14-17)20-10-6-9-19(15-20)18-7-4-3-5-8-18;1-2/h3-11,14-16,22H,12-13H2,1-2H3;1-2H3. The summed E-state index contributed by atoms with van der Waals surface area (Å²) in [4.78, 5) is 0. The number of hydrogen-bond donors (Lipinski definition) is 1. The molecule has 0 radical (unpaired) electrons. The first-order chi connectivity index (χ1) is 11.7. The summed E-state index contributed by atoms with van der Waals surface area (Å²) in [5.74, 6) is 0.692. The van der Waals surface area contributed by atoms with E-state index in [1.165, 1.54) is 28.0 Å². The lowest BCUT2D eigenvalue weighted by atomic mass is 9.96. The highest BCUT2D eigenvalue weighted by molar-refractivity contribution is 5.73. The largest absolute Gasteiger partial charge is 0.381 e. The molecule has 0 saturated heterocycles. The first-order valence-electron chi connectivity index (χ1n) is 9.03. The zero-order chi connectivity index (χ0) is 17.4. The van der Waals surface area contributed by atoms with E-state index in [-0.39, 0.29) is 0 Å². The lowest BCUT2D eigenvalue weighted by Crippen LogP contribution is -2.16. The number of allylic oxidation sites excluding steroid dienone is 2. The number of nitrogens with one attached hydrogen (secondary N) is 1. The average molecular weight is 319 g/mol. The maximum absolute atomic E-state index is 3.50. The highest BCUT2D eigenvalue weighted by Crippen LogP contribution is 2.25. The number of benzene rings is 2. The normalized spacial score (nSPS) is 13.4. The number of dihydropyridines is 1. The van der Waals surface area contributed by atoms with Gasteiger partial charge in [-0.1, -0.05) is 82.3 Å². The lowest BCUT2D eigenvalue weighted by Gasteiger charge is -2.18. The Kier molecular flexibility index (Phi) is 6.87. The zero-order valence-corrected chi connectivity index (χ0v) is 15.3. The molecule has 2 aromatic carbocycles. The summed E-state index contributed by atoms with van der Waals surface area (Å²) < 4.78 is 0. The second kappa shape index (κ2) is 9.12. The fourth-order valence-corrected chi connectivity index (χ4v) is 2.88. The van der Waals surface area contributed by atoms with Crippen molar-refractivity contribution < 1.29 is 0 Å². The van der Waals surface area contributed by atoms with Crippen molar-refractivity contribution in [2.75, 3.05) is 6.54 Å². The van der Waals surface area contributed by atoms with Gasteiger partial charge in [-0.2, -0.15) is 0 Å². The summed E-state index contributed by atoms with van der Waals surface area (Å²) in [5, 5.41) is 3.50. The second-order valence-electron chi connectivity index (χ2n) is 6.26. The van der Waals surface area contributed by atoms with Crippen LogP contribution < -0.4 is 5.32 Å². The summed E-state index contributed by atoms with van der Waals surface area (Å²) in [6, 6.07) is 19.3. The molecule has 0 aromatic heterocycles. The van der Waals surface area contributed by atoms with Gasteiger partial charge in [0, 0.05) is 12.2 Å². The van der Waals surface area contributed by atoms with E-state index in [4.69, 9.17) is 0 Å². The van der Waals surface area contributed by atoms with Crippen molar-refractivity contribution in [2.24, 2.45) is 5.92 Å². The van der Waals surface area contributed by atoms with Crippen LogP contribution in [-0.4, -0.2) is 6.54 Å². The van der Waals surface area contributed by atoms with Crippen LogP contribution in [0.2, 0.25) is 0 Å². The van der Waals surface area contributed by atoms with Gasteiger partial charge in [0.15, 0.2) is 0 Å². The van der Waals surface area contributed by atoms with Gasteiger partial charge in [-0.15, -0.1) is 0 Å². The Balaban J connectivity index is 0.00000100. The molecule has 1 nitrogen and oxygen atoms in total. The predicted octanol–water partition coefficient (Wildman–Crippen LogP) is 6.30. The molecule has 2 aromatic rings. The van der Waals surface area contributed by atoms with Crippen LogP contribution in [0.5, 0.6) is 0 Å². The van der Waals surface area contributed by atoms with Crippen molar-refractivity contribution >= 4 is 5.70 Å². The summed E-state index contributed by atoms with van der Waals surface area (Å²) in [7, 11) is 0. The molecule has 126 valence electrons. The molecule has 0 amide bonds. The molecule has 0 fully saturated rings. The minimum Gasteiger partial charge on any atom is -0.381 e. The van der Waals surface area contributed by atoms with Gasteiger partial charge in [0.2, 0.25) is 0 Å². The van der Waals surface area contributed by atoms with E-state index >= 15 is 0 Å². The summed E-state index contributed by atoms with van der Waals surface area (Å²) in [6.45, 7) is 9.46. The van der Waals surface area contributed by atoms with Crippen molar-refractivity contribution in [3.8, 4) is 11.1 Å². The Bertz CT molecular complexity index is 693. The molecule has 1 aliphatic heterocycles. The molecule has 1 heteroatoms. The van der Waals surface area contributed by atoms with Crippen molar-refractivity contribution in [3.05, 3.63) is 77.9 Å². The summed E-state index contributed by atoms with van der Waals surface area (Å²) in [6.07, 6.45) is 5.74. The van der Waals surface area contributed by atoms with Crippen LogP contribution in [0, 0.1) is 5.92 Å². The molecule has 1 aliphatic rings. The van der Waals surface area contributed by atoms with Crippen LogP contribution in [0.25, 0.3) is 16.8 Å². The lowest BCUT2D eigenvalue weighted by molar-refractivity contribution is 0.646. The molecule has 0 unspecified atom stereocenters. The SMILES string of the molecule is CC.CC(C)CC1=CCNC(c2cccc(-c3ccccc3)c2)=C1. The minimum absolute atomic E-state index is 0.692. The zero-order valence-electron chi connectivity index (χ0n) is 15.3. The predicted molar refractivity (Wildman–Crippen MR) is 107 cm³/mol. The Morgan fingerprint density at radius 2 is 1.54 bits per heavy atom. The molecule has 0 atom stereocenters. The molecule has 0 bridgehead atoms. The third-order valence-electron chi connectivity index (χ3n) is 3.91. The third kappa shape index (κ3) is 4.86. The Morgan fingerprint density at radius 3 is 2.25 bits per heavy atom. The first kappa shape index (κ1) is 18.1. The molecular formula is C23H29N. The van der Waals surface area contributed by atoms with E-state index in [9.17, 15) is 0 Å². The Hall–Kier alpha value is -2.28. The van der Waals surface area contributed by atoms with Gasteiger partial charge in [-0.3, -0.25) is 0 Å². The van der Waals surface area contributed by atoms with Gasteiger partial charge in [0.05, 0.1) is 0 Å². The summed E-state index contributed by atoms with van der Waals surface area (Å²) >= 11 is 0. The fourth-order valence-electron chi connectivity index (χ4n) is 2.88. The molecule has 1 heterocycles. The highest BCUT2D eigenvalue weighted by atomic mass is 14.9. The van der Waals surface area contributed by atoms with E-state index < -0.39 is 0 Å². The van der Waals surface area contributed by atoms with E-state index in [0.717, 1.165) is 13.0 Å². The minimum atomic E-state index is 0.692. The number of rotatable bonds is 4. The van der Waals surface area contributed by atoms with E-state index in [0.29, 0.717) is 5.92 Å². The topological polar surface area (TPSA) is 12.0 Å². The van der Waals surface area contributed by atoms with Crippen LogP contribution in [-0.2, 0) is 0 Å². The van der Waals surface area contributed by atoms with Crippen molar-refractivity contribution in [1.82, 2.24) is 5.32 Å². The van der Waals surface area contributed by atoms with Crippen molar-refractivity contribution in [2.45, 2.75) is 34.1 Å². The molecule has 1 N–H and O–H groups in total. The van der Waals surface area contributed by atoms with Gasteiger partial charge in [0.1, 0.15) is 0 Å². The van der Waals surface area contributed by atoms with Crippen LogP contribution in [0.15, 0.2) is 72.3 Å². The highest BCUT2D eigenvalue weighted by Gasteiger charge is 2.09. The van der Waals surface area contributed by atoms with Gasteiger partial charge in [-0.05, 0) is 46.7 Å². The van der Waals surface area contributed by atoms with E-state index in [1.54, 1.807) is 0 Å². The van der Waals surface area contributed by atoms with Crippen LogP contribution >= 0.6 is 0 Å². The van der Waals surface area contributed by atoms with Gasteiger partial charge in [0.25, 0.3) is 0 Å². The van der Waals surface area contributed by atoms with E-state index in [1.807, 2.05) is 13.8 Å². The van der Waals surface area contributed by atoms with Crippen LogP contribution in [0.4, 0.5) is 0 Å². The monoisotopic (exact) mass is 319 g/mol. The van der Waals surface area contributed by atoms with Gasteiger partial charge in [-0.25, -0.2) is 0 Å². The smallest absolute Gasteiger partial charge is 0.0419 e. The van der Waals surface area contributed by atoms with Crippen LogP contribution in [0.1, 0.15) is 39.7 Å². The summed E-state index contributed by atoms with van der Waals surface area (Å²) in [5.41, 5.74) is 6.46. The third-order valence-corrected chi connectivity index (χ3v) is 3.91. The maximum atomic E-state index is 3.50. The van der Waals surface area contributed by atoms with Gasteiger partial charge < -0.3 is 5.32 Å². The Labute approximate surface area is 147 Å².